The Balaban J connectivity index is 1.98. The van der Waals surface area contributed by atoms with Crippen molar-refractivity contribution >= 4 is 23.1 Å². The molecule has 0 fully saturated rings. The lowest BCUT2D eigenvalue weighted by molar-refractivity contribution is 0.310. The summed E-state index contributed by atoms with van der Waals surface area (Å²) >= 11 is 0. The number of pyridine rings is 1. The number of methoxy groups -OCH3 is 1. The van der Waals surface area contributed by atoms with Gasteiger partial charge in [0.25, 0.3) is 0 Å². The van der Waals surface area contributed by atoms with Crippen LogP contribution in [0.4, 0.5) is 0 Å². The largest absolute Gasteiger partial charge is 0.506 e. The molecule has 0 bridgehead atoms. The first-order chi connectivity index (χ1) is 11.7. The van der Waals surface area contributed by atoms with Crippen molar-refractivity contribution in [2.45, 2.75) is 6.92 Å². The molecule has 1 aromatic heterocycles. The van der Waals surface area contributed by atoms with Crippen molar-refractivity contribution in [1.82, 2.24) is 4.98 Å². The highest BCUT2D eigenvalue weighted by molar-refractivity contribution is 5.86. The van der Waals surface area contributed by atoms with Gasteiger partial charge in [0.05, 0.1) is 19.4 Å². The van der Waals surface area contributed by atoms with Gasteiger partial charge < -0.3 is 14.6 Å². The summed E-state index contributed by atoms with van der Waals surface area (Å²) in [5, 5.41) is 10.8. The molecule has 24 heavy (non-hydrogen) atoms. The summed E-state index contributed by atoms with van der Waals surface area (Å²) in [4.78, 5) is 4.50. The Kier molecular flexibility index (Phi) is 4.66. The Morgan fingerprint density at radius 1 is 1.04 bits per heavy atom. The number of benzene rings is 2. The van der Waals surface area contributed by atoms with Crippen LogP contribution in [0.5, 0.6) is 17.2 Å². The lowest BCUT2D eigenvalue weighted by Crippen LogP contribution is -1.97. The van der Waals surface area contributed by atoms with Gasteiger partial charge in [-0.15, -0.1) is 0 Å². The molecule has 0 saturated heterocycles. The molecule has 0 spiro atoms. The van der Waals surface area contributed by atoms with Crippen LogP contribution in [-0.4, -0.2) is 23.8 Å². The van der Waals surface area contributed by atoms with Gasteiger partial charge in [-0.2, -0.15) is 0 Å². The van der Waals surface area contributed by atoms with E-state index in [9.17, 15) is 5.11 Å². The van der Waals surface area contributed by atoms with Crippen LogP contribution in [0.2, 0.25) is 0 Å². The number of phenols is 1. The van der Waals surface area contributed by atoms with Crippen molar-refractivity contribution in [3.05, 3.63) is 59.8 Å². The summed E-state index contributed by atoms with van der Waals surface area (Å²) in [6.07, 6.45) is 3.82. The van der Waals surface area contributed by atoms with Crippen LogP contribution < -0.4 is 9.47 Å². The van der Waals surface area contributed by atoms with Gasteiger partial charge in [0, 0.05) is 10.9 Å². The molecule has 3 rings (SSSR count). The fourth-order valence-electron chi connectivity index (χ4n) is 2.54. The summed E-state index contributed by atoms with van der Waals surface area (Å²) in [6.45, 7) is 2.50. The minimum Gasteiger partial charge on any atom is -0.506 e. The predicted octanol–water partition coefficient (Wildman–Crippen LogP) is 4.52. The quantitative estimate of drug-likeness (QED) is 0.751. The number of nitrogens with zero attached hydrogens (tertiary/aromatic N) is 1. The van der Waals surface area contributed by atoms with Crippen LogP contribution >= 0.6 is 0 Å². The third-order valence-corrected chi connectivity index (χ3v) is 3.67. The lowest BCUT2D eigenvalue weighted by atomic mass is 10.1. The summed E-state index contributed by atoms with van der Waals surface area (Å²) in [6, 6.07) is 15.0. The molecule has 3 aromatic rings. The molecule has 0 aliphatic rings. The van der Waals surface area contributed by atoms with Crippen LogP contribution in [0.25, 0.3) is 23.1 Å². The molecule has 0 radical (unpaired) electrons. The zero-order valence-corrected chi connectivity index (χ0v) is 13.7. The molecule has 0 aliphatic carbocycles. The van der Waals surface area contributed by atoms with Gasteiger partial charge in [-0.1, -0.05) is 30.3 Å². The molecule has 0 amide bonds. The molecule has 0 atom stereocenters. The zero-order valence-electron chi connectivity index (χ0n) is 13.7. The van der Waals surface area contributed by atoms with Gasteiger partial charge in [0.15, 0.2) is 11.5 Å². The Bertz CT molecular complexity index is 887. The molecule has 0 unspecified atom stereocenters. The summed E-state index contributed by atoms with van der Waals surface area (Å²) < 4.78 is 11.1. The number of hydrogen-bond acceptors (Lipinski definition) is 4. The number of ether oxygens (including phenoxy) is 2. The van der Waals surface area contributed by atoms with Gasteiger partial charge in [0.2, 0.25) is 0 Å². The van der Waals surface area contributed by atoms with E-state index in [2.05, 4.69) is 4.98 Å². The molecule has 0 saturated carbocycles. The third-order valence-electron chi connectivity index (χ3n) is 3.67. The summed E-state index contributed by atoms with van der Waals surface area (Å²) in [5.74, 6) is 1.59. The highest BCUT2D eigenvalue weighted by Crippen LogP contribution is 2.32. The van der Waals surface area contributed by atoms with E-state index in [4.69, 9.17) is 9.47 Å². The van der Waals surface area contributed by atoms with E-state index in [1.165, 1.54) is 0 Å². The van der Waals surface area contributed by atoms with E-state index in [1.807, 2.05) is 55.5 Å². The fraction of sp³-hybridized carbons (Fsp3) is 0.150. The molecule has 1 heterocycles. The Morgan fingerprint density at radius 3 is 2.67 bits per heavy atom. The Morgan fingerprint density at radius 2 is 1.88 bits per heavy atom. The van der Waals surface area contributed by atoms with E-state index in [0.717, 1.165) is 16.6 Å². The first kappa shape index (κ1) is 15.9. The van der Waals surface area contributed by atoms with E-state index < -0.39 is 0 Å². The molecular weight excluding hydrogens is 302 g/mol. The molecule has 0 aliphatic heterocycles. The van der Waals surface area contributed by atoms with Crippen LogP contribution in [0.3, 0.4) is 0 Å². The molecule has 1 N–H and O–H groups in total. The van der Waals surface area contributed by atoms with Crippen LogP contribution in [0, 0.1) is 0 Å². The van der Waals surface area contributed by atoms with Crippen molar-refractivity contribution in [3.63, 3.8) is 0 Å². The van der Waals surface area contributed by atoms with E-state index in [0.29, 0.717) is 23.6 Å². The highest BCUT2D eigenvalue weighted by atomic mass is 16.5. The third kappa shape index (κ3) is 3.18. The molecule has 4 nitrogen and oxygen atoms in total. The summed E-state index contributed by atoms with van der Waals surface area (Å²) in [5.41, 5.74) is 2.26. The minimum absolute atomic E-state index is 0.180. The van der Waals surface area contributed by atoms with Gasteiger partial charge >= 0.3 is 0 Å². The number of rotatable bonds is 5. The van der Waals surface area contributed by atoms with E-state index in [1.54, 1.807) is 19.2 Å². The molecular formula is C20H19NO3. The maximum atomic E-state index is 9.94. The van der Waals surface area contributed by atoms with Gasteiger partial charge in [0.1, 0.15) is 11.3 Å². The van der Waals surface area contributed by atoms with Crippen LogP contribution in [-0.2, 0) is 0 Å². The van der Waals surface area contributed by atoms with Gasteiger partial charge in [-0.05, 0) is 37.3 Å². The number of aromatic nitrogens is 1. The maximum Gasteiger partial charge on any atom is 0.168 e. The zero-order chi connectivity index (χ0) is 16.9. The smallest absolute Gasteiger partial charge is 0.168 e. The number of para-hydroxylation sites is 2. The van der Waals surface area contributed by atoms with Gasteiger partial charge in [-0.25, -0.2) is 4.98 Å². The van der Waals surface area contributed by atoms with Crippen molar-refractivity contribution in [3.8, 4) is 17.2 Å². The average molecular weight is 321 g/mol. The Hall–Kier alpha value is -3.01. The SMILES string of the molecule is CCOc1c(C=Cc2ccc3cccc(O)c3n2)cccc1OC. The first-order valence-corrected chi connectivity index (χ1v) is 7.79. The normalized spacial score (nSPS) is 11.1. The minimum atomic E-state index is 0.180. The van der Waals surface area contributed by atoms with E-state index in [-0.39, 0.29) is 5.75 Å². The topological polar surface area (TPSA) is 51.6 Å². The molecule has 122 valence electrons. The highest BCUT2D eigenvalue weighted by Gasteiger charge is 2.08. The molecule has 2 aromatic carbocycles. The number of phenolic OH excluding ortho intramolecular Hbond substituents is 1. The monoisotopic (exact) mass is 321 g/mol. The summed E-state index contributed by atoms with van der Waals surface area (Å²) in [7, 11) is 1.62. The second-order valence-corrected chi connectivity index (χ2v) is 5.23. The number of fused-ring (bicyclic) bond motifs is 1. The predicted molar refractivity (Wildman–Crippen MR) is 96.5 cm³/mol. The van der Waals surface area contributed by atoms with Crippen molar-refractivity contribution in [2.75, 3.05) is 13.7 Å². The second kappa shape index (κ2) is 7.04. The molecule has 4 heteroatoms. The first-order valence-electron chi connectivity index (χ1n) is 7.79. The van der Waals surface area contributed by atoms with Crippen molar-refractivity contribution < 1.29 is 14.6 Å². The van der Waals surface area contributed by atoms with E-state index >= 15 is 0 Å². The number of hydrogen-bond donors (Lipinski definition) is 1. The lowest BCUT2D eigenvalue weighted by Gasteiger charge is -2.11. The number of aromatic hydroxyl groups is 1. The van der Waals surface area contributed by atoms with Crippen LogP contribution in [0.1, 0.15) is 18.2 Å². The van der Waals surface area contributed by atoms with Gasteiger partial charge in [-0.3, -0.25) is 0 Å². The van der Waals surface area contributed by atoms with Crippen molar-refractivity contribution in [1.29, 1.82) is 0 Å². The second-order valence-electron chi connectivity index (χ2n) is 5.23. The average Bonchev–Trinajstić information content (AvgIpc) is 2.61. The fourth-order valence-corrected chi connectivity index (χ4v) is 2.54. The maximum absolute atomic E-state index is 9.94. The van der Waals surface area contributed by atoms with Crippen molar-refractivity contribution in [2.24, 2.45) is 0 Å². The standard InChI is InChI=1S/C20H19NO3/c1-3-24-20-15(7-5-9-18(20)23-2)11-13-16-12-10-14-6-4-8-17(22)19(14)21-16/h4-13,22H,3H2,1-2H3. The van der Waals surface area contributed by atoms with Crippen LogP contribution in [0.15, 0.2) is 48.5 Å². The Labute approximate surface area is 141 Å².